The van der Waals surface area contributed by atoms with Crippen LogP contribution in [0.15, 0.2) is 41.4 Å². The maximum absolute atomic E-state index is 9.16. The second kappa shape index (κ2) is 7.70. The van der Waals surface area contributed by atoms with Crippen LogP contribution in [0.3, 0.4) is 0 Å². The maximum atomic E-state index is 9.16. The lowest BCUT2D eigenvalue weighted by molar-refractivity contribution is 1.12. The molecule has 0 amide bonds. The Balaban J connectivity index is 2.07. The molecule has 0 aliphatic rings. The normalized spacial score (nSPS) is 11.4. The van der Waals surface area contributed by atoms with Crippen molar-refractivity contribution in [2.45, 2.75) is 13.8 Å². The van der Waals surface area contributed by atoms with Gasteiger partial charge in [-0.1, -0.05) is 24.3 Å². The summed E-state index contributed by atoms with van der Waals surface area (Å²) in [5, 5.41) is 14.7. The van der Waals surface area contributed by atoms with Gasteiger partial charge >= 0.3 is 0 Å². The fourth-order valence-electron chi connectivity index (χ4n) is 2.19. The van der Waals surface area contributed by atoms with E-state index in [1.54, 1.807) is 0 Å². The molecule has 0 bridgehead atoms. The highest BCUT2D eigenvalue weighted by molar-refractivity contribution is 8.00. The molecule has 0 radical (unpaired) electrons. The van der Waals surface area contributed by atoms with Gasteiger partial charge in [-0.15, -0.1) is 11.8 Å². The van der Waals surface area contributed by atoms with Crippen LogP contribution in [0.4, 0.5) is 5.69 Å². The number of nitrogens with one attached hydrogen (secondary N) is 1. The molecule has 0 fully saturated rings. The fourth-order valence-corrected chi connectivity index (χ4v) is 2.94. The Hall–Kier alpha value is -1.99. The van der Waals surface area contributed by atoms with Crippen molar-refractivity contribution in [3.63, 3.8) is 0 Å². The van der Waals surface area contributed by atoms with E-state index in [1.807, 2.05) is 48.2 Å². The van der Waals surface area contributed by atoms with Crippen molar-refractivity contribution in [3.05, 3.63) is 42.0 Å². The van der Waals surface area contributed by atoms with Crippen LogP contribution in [0.2, 0.25) is 0 Å². The van der Waals surface area contributed by atoms with Crippen molar-refractivity contribution >= 4 is 33.9 Å². The van der Waals surface area contributed by atoms with Crippen molar-refractivity contribution in [3.8, 4) is 6.07 Å². The summed E-state index contributed by atoms with van der Waals surface area (Å²) < 4.78 is 0. The van der Waals surface area contributed by atoms with Crippen LogP contribution in [0.25, 0.3) is 10.8 Å². The number of nitriles is 1. The summed E-state index contributed by atoms with van der Waals surface area (Å²) in [5.41, 5.74) is 2.96. The van der Waals surface area contributed by atoms with Crippen LogP contribution in [0.5, 0.6) is 0 Å². The topological polar surface area (TPSA) is 48.2 Å². The summed E-state index contributed by atoms with van der Waals surface area (Å²) in [6.07, 6.45) is 0. The van der Waals surface area contributed by atoms with E-state index in [1.165, 1.54) is 5.71 Å². The second-order valence-electron chi connectivity index (χ2n) is 4.70. The van der Waals surface area contributed by atoms with Gasteiger partial charge in [-0.05, 0) is 26.0 Å². The molecule has 2 aromatic carbocycles. The molecule has 0 aromatic heterocycles. The highest BCUT2D eigenvalue weighted by atomic mass is 32.2. The third kappa shape index (κ3) is 3.99. The monoisotopic (exact) mass is 297 g/mol. The van der Waals surface area contributed by atoms with Crippen molar-refractivity contribution < 1.29 is 0 Å². The molecule has 21 heavy (non-hydrogen) atoms. The van der Waals surface area contributed by atoms with E-state index < -0.39 is 0 Å². The van der Waals surface area contributed by atoms with Gasteiger partial charge in [0.05, 0.1) is 17.5 Å². The quantitative estimate of drug-likeness (QED) is 0.491. The standard InChI is InChI=1S/C17H19N3S/c1-3-19-13(2)11-21-12-20-17-9-8-14(10-18)15-6-4-5-7-16(15)17/h4-9,20H,3,11-12H2,1-2H3. The van der Waals surface area contributed by atoms with Gasteiger partial charge in [-0.25, -0.2) is 0 Å². The van der Waals surface area contributed by atoms with Crippen molar-refractivity contribution in [2.24, 2.45) is 4.99 Å². The third-order valence-electron chi connectivity index (χ3n) is 3.15. The molecule has 0 saturated carbocycles. The molecule has 0 spiro atoms. The van der Waals surface area contributed by atoms with Gasteiger partial charge in [0.25, 0.3) is 0 Å². The zero-order chi connectivity index (χ0) is 15.1. The van der Waals surface area contributed by atoms with Gasteiger partial charge in [-0.3, -0.25) is 4.99 Å². The minimum atomic E-state index is 0.717. The molecule has 2 aromatic rings. The zero-order valence-electron chi connectivity index (χ0n) is 12.4. The van der Waals surface area contributed by atoms with Gasteiger partial charge in [0, 0.05) is 34.5 Å². The lowest BCUT2D eigenvalue weighted by Crippen LogP contribution is -2.03. The lowest BCUT2D eigenvalue weighted by atomic mass is 10.0. The van der Waals surface area contributed by atoms with Crippen LogP contribution >= 0.6 is 11.8 Å². The third-order valence-corrected chi connectivity index (χ3v) is 4.12. The van der Waals surface area contributed by atoms with E-state index in [4.69, 9.17) is 5.26 Å². The molecule has 1 N–H and O–H groups in total. The highest BCUT2D eigenvalue weighted by Gasteiger charge is 2.04. The van der Waals surface area contributed by atoms with E-state index in [0.717, 1.165) is 40.2 Å². The van der Waals surface area contributed by atoms with Crippen LogP contribution in [0, 0.1) is 11.3 Å². The Morgan fingerprint density at radius 2 is 2.00 bits per heavy atom. The first-order chi connectivity index (χ1) is 10.3. The number of benzene rings is 2. The summed E-state index contributed by atoms with van der Waals surface area (Å²) in [6, 6.07) is 14.1. The summed E-state index contributed by atoms with van der Waals surface area (Å²) >= 11 is 1.81. The molecule has 2 rings (SSSR count). The molecule has 4 heteroatoms. The second-order valence-corrected chi connectivity index (χ2v) is 5.68. The van der Waals surface area contributed by atoms with Gasteiger partial charge in [0.2, 0.25) is 0 Å². The largest absolute Gasteiger partial charge is 0.376 e. The number of aliphatic imine (C=N–C) groups is 1. The number of anilines is 1. The van der Waals surface area contributed by atoms with E-state index in [-0.39, 0.29) is 0 Å². The average molecular weight is 297 g/mol. The summed E-state index contributed by atoms with van der Waals surface area (Å²) in [7, 11) is 0. The molecular formula is C17H19N3S. The molecule has 0 atom stereocenters. The Labute approximate surface area is 130 Å². The predicted octanol–water partition coefficient (Wildman–Crippen LogP) is 4.29. The molecule has 0 unspecified atom stereocenters. The number of nitrogens with zero attached hydrogens (tertiary/aromatic N) is 2. The Morgan fingerprint density at radius 1 is 1.24 bits per heavy atom. The minimum absolute atomic E-state index is 0.717. The molecular weight excluding hydrogens is 278 g/mol. The van der Waals surface area contributed by atoms with Crippen LogP contribution in [-0.4, -0.2) is 23.9 Å². The number of thioether (sulfide) groups is 1. The fraction of sp³-hybridized carbons (Fsp3) is 0.294. The lowest BCUT2D eigenvalue weighted by Gasteiger charge is -2.10. The van der Waals surface area contributed by atoms with Crippen molar-refractivity contribution in [2.75, 3.05) is 23.5 Å². The first-order valence-electron chi connectivity index (χ1n) is 6.99. The summed E-state index contributed by atoms with van der Waals surface area (Å²) in [4.78, 5) is 4.37. The number of rotatable bonds is 6. The molecule has 0 saturated heterocycles. The van der Waals surface area contributed by atoms with Crippen LogP contribution in [0.1, 0.15) is 19.4 Å². The minimum Gasteiger partial charge on any atom is -0.376 e. The van der Waals surface area contributed by atoms with E-state index in [9.17, 15) is 0 Å². The number of hydrogen-bond acceptors (Lipinski definition) is 4. The van der Waals surface area contributed by atoms with Crippen LogP contribution in [-0.2, 0) is 0 Å². The smallest absolute Gasteiger partial charge is 0.0998 e. The maximum Gasteiger partial charge on any atom is 0.0998 e. The summed E-state index contributed by atoms with van der Waals surface area (Å²) in [5.74, 6) is 1.77. The van der Waals surface area contributed by atoms with Gasteiger partial charge in [-0.2, -0.15) is 5.26 Å². The van der Waals surface area contributed by atoms with E-state index >= 15 is 0 Å². The van der Waals surface area contributed by atoms with E-state index in [2.05, 4.69) is 30.2 Å². The highest BCUT2D eigenvalue weighted by Crippen LogP contribution is 2.26. The summed E-state index contributed by atoms with van der Waals surface area (Å²) in [6.45, 7) is 4.96. The van der Waals surface area contributed by atoms with Crippen molar-refractivity contribution in [1.29, 1.82) is 5.26 Å². The molecule has 3 nitrogen and oxygen atoms in total. The molecule has 108 valence electrons. The average Bonchev–Trinajstić information content (AvgIpc) is 2.51. The predicted molar refractivity (Wildman–Crippen MR) is 93.3 cm³/mol. The molecule has 0 aliphatic carbocycles. The Bertz CT molecular complexity index is 686. The number of hydrogen-bond donors (Lipinski definition) is 1. The van der Waals surface area contributed by atoms with Crippen LogP contribution < -0.4 is 5.32 Å². The zero-order valence-corrected chi connectivity index (χ0v) is 13.2. The number of fused-ring (bicyclic) bond motifs is 1. The Morgan fingerprint density at radius 3 is 2.71 bits per heavy atom. The SMILES string of the molecule is CCN=C(C)CSCNc1ccc(C#N)c2ccccc12. The van der Waals surface area contributed by atoms with Gasteiger partial charge < -0.3 is 5.32 Å². The van der Waals surface area contributed by atoms with Crippen molar-refractivity contribution in [1.82, 2.24) is 0 Å². The first-order valence-corrected chi connectivity index (χ1v) is 8.15. The molecule has 0 aliphatic heterocycles. The van der Waals surface area contributed by atoms with Gasteiger partial charge in [0.1, 0.15) is 0 Å². The Kier molecular flexibility index (Phi) is 5.65. The first kappa shape index (κ1) is 15.4. The van der Waals surface area contributed by atoms with E-state index in [0.29, 0.717) is 0 Å². The molecule has 0 heterocycles. The van der Waals surface area contributed by atoms with Gasteiger partial charge in [0.15, 0.2) is 0 Å².